The standard InChI is InChI=1S/C13H13ClN4O/c1-7-4-3-5-10(14)11(7)18-12(19)9-6-16-13(15)17-8(9)2/h3-6H,1-2H3,(H,18,19)(H2,15,16,17). The van der Waals surface area contributed by atoms with E-state index < -0.39 is 0 Å². The van der Waals surface area contributed by atoms with Gasteiger partial charge in [-0.2, -0.15) is 0 Å². The van der Waals surface area contributed by atoms with Gasteiger partial charge in [0.25, 0.3) is 5.91 Å². The van der Waals surface area contributed by atoms with Gasteiger partial charge in [0.2, 0.25) is 5.95 Å². The molecular weight excluding hydrogens is 264 g/mol. The summed E-state index contributed by atoms with van der Waals surface area (Å²) in [6.07, 6.45) is 1.40. The fourth-order valence-corrected chi connectivity index (χ4v) is 1.95. The number of benzene rings is 1. The minimum atomic E-state index is -0.311. The van der Waals surface area contributed by atoms with E-state index in [1.807, 2.05) is 19.1 Å². The summed E-state index contributed by atoms with van der Waals surface area (Å²) in [6.45, 7) is 3.57. The molecule has 1 heterocycles. The fourth-order valence-electron chi connectivity index (χ4n) is 1.68. The van der Waals surface area contributed by atoms with Crippen LogP contribution in [0.4, 0.5) is 11.6 Å². The SMILES string of the molecule is Cc1cccc(Cl)c1NC(=O)c1cnc(N)nc1C. The molecule has 1 aromatic heterocycles. The largest absolute Gasteiger partial charge is 0.368 e. The van der Waals surface area contributed by atoms with Crippen molar-refractivity contribution in [3.63, 3.8) is 0 Å². The van der Waals surface area contributed by atoms with Crippen molar-refractivity contribution in [3.8, 4) is 0 Å². The quantitative estimate of drug-likeness (QED) is 0.883. The first kappa shape index (κ1) is 13.3. The summed E-state index contributed by atoms with van der Waals surface area (Å²) in [5, 5.41) is 3.25. The highest BCUT2D eigenvalue weighted by molar-refractivity contribution is 6.34. The Hall–Kier alpha value is -2.14. The van der Waals surface area contributed by atoms with Crippen LogP contribution in [0.5, 0.6) is 0 Å². The number of aromatic nitrogens is 2. The Balaban J connectivity index is 2.31. The molecule has 19 heavy (non-hydrogen) atoms. The van der Waals surface area contributed by atoms with E-state index in [2.05, 4.69) is 15.3 Å². The van der Waals surface area contributed by atoms with Crippen LogP contribution in [0, 0.1) is 13.8 Å². The first-order chi connectivity index (χ1) is 8.99. The van der Waals surface area contributed by atoms with Gasteiger partial charge in [0.15, 0.2) is 0 Å². The molecule has 2 rings (SSSR count). The van der Waals surface area contributed by atoms with E-state index in [0.717, 1.165) is 5.56 Å². The molecule has 0 aliphatic carbocycles. The van der Waals surface area contributed by atoms with Crippen LogP contribution in [0.25, 0.3) is 0 Å². The minimum absolute atomic E-state index is 0.142. The molecule has 0 fully saturated rings. The number of nitrogens with zero attached hydrogens (tertiary/aromatic N) is 2. The van der Waals surface area contributed by atoms with Crippen molar-refractivity contribution in [1.29, 1.82) is 0 Å². The zero-order chi connectivity index (χ0) is 14.0. The molecule has 1 aromatic carbocycles. The van der Waals surface area contributed by atoms with Crippen molar-refractivity contribution in [2.24, 2.45) is 0 Å². The van der Waals surface area contributed by atoms with Gasteiger partial charge in [-0.25, -0.2) is 9.97 Å². The lowest BCUT2D eigenvalue weighted by Gasteiger charge is -2.11. The van der Waals surface area contributed by atoms with E-state index in [9.17, 15) is 4.79 Å². The molecule has 0 spiro atoms. The van der Waals surface area contributed by atoms with E-state index in [1.54, 1.807) is 13.0 Å². The maximum atomic E-state index is 12.2. The summed E-state index contributed by atoms with van der Waals surface area (Å²) in [6, 6.07) is 5.41. The van der Waals surface area contributed by atoms with Gasteiger partial charge in [0.1, 0.15) is 0 Å². The third-order valence-corrected chi connectivity index (χ3v) is 3.02. The topological polar surface area (TPSA) is 80.9 Å². The second-order valence-electron chi connectivity index (χ2n) is 4.11. The number of hydrogen-bond donors (Lipinski definition) is 2. The Kier molecular flexibility index (Phi) is 3.66. The lowest BCUT2D eigenvalue weighted by Crippen LogP contribution is -2.16. The number of halogens is 1. The molecule has 0 saturated heterocycles. The van der Waals surface area contributed by atoms with E-state index in [4.69, 9.17) is 17.3 Å². The van der Waals surface area contributed by atoms with Gasteiger partial charge in [-0.1, -0.05) is 23.7 Å². The second kappa shape index (κ2) is 5.24. The molecule has 0 atom stereocenters. The van der Waals surface area contributed by atoms with E-state index in [-0.39, 0.29) is 11.9 Å². The van der Waals surface area contributed by atoms with Gasteiger partial charge in [-0.3, -0.25) is 4.79 Å². The zero-order valence-corrected chi connectivity index (χ0v) is 11.3. The van der Waals surface area contributed by atoms with Crippen LogP contribution in [0.2, 0.25) is 5.02 Å². The Bertz CT molecular complexity index is 622. The van der Waals surface area contributed by atoms with Crippen molar-refractivity contribution in [2.45, 2.75) is 13.8 Å². The number of aryl methyl sites for hydroxylation is 2. The Morgan fingerprint density at radius 3 is 2.74 bits per heavy atom. The molecule has 0 aliphatic rings. The van der Waals surface area contributed by atoms with Gasteiger partial charge < -0.3 is 11.1 Å². The molecular formula is C13H13ClN4O. The number of nitrogens with two attached hydrogens (primary N) is 1. The van der Waals surface area contributed by atoms with Crippen LogP contribution < -0.4 is 11.1 Å². The lowest BCUT2D eigenvalue weighted by molar-refractivity contribution is 0.102. The van der Waals surface area contributed by atoms with Crippen LogP contribution in [0.15, 0.2) is 24.4 Å². The number of amides is 1. The van der Waals surface area contributed by atoms with Crippen LogP contribution >= 0.6 is 11.6 Å². The summed E-state index contributed by atoms with van der Waals surface area (Å²) < 4.78 is 0. The molecule has 98 valence electrons. The molecule has 2 aromatic rings. The predicted octanol–water partition coefficient (Wildman–Crippen LogP) is 2.58. The first-order valence-electron chi connectivity index (χ1n) is 5.64. The molecule has 0 saturated carbocycles. The number of carbonyl (C=O) groups is 1. The lowest BCUT2D eigenvalue weighted by atomic mass is 10.1. The average Bonchev–Trinajstić information content (AvgIpc) is 2.33. The summed E-state index contributed by atoms with van der Waals surface area (Å²) in [4.78, 5) is 19.9. The molecule has 3 N–H and O–H groups in total. The fraction of sp³-hybridized carbons (Fsp3) is 0.154. The number of anilines is 2. The summed E-state index contributed by atoms with van der Waals surface area (Å²) in [5.74, 6) is -0.170. The second-order valence-corrected chi connectivity index (χ2v) is 4.52. The highest BCUT2D eigenvalue weighted by Gasteiger charge is 2.14. The van der Waals surface area contributed by atoms with Crippen molar-refractivity contribution in [3.05, 3.63) is 46.2 Å². The molecule has 0 radical (unpaired) electrons. The number of nitrogen functional groups attached to an aromatic ring is 1. The van der Waals surface area contributed by atoms with Gasteiger partial charge >= 0.3 is 0 Å². The van der Waals surface area contributed by atoms with E-state index in [0.29, 0.717) is 22.0 Å². The van der Waals surface area contributed by atoms with Crippen LogP contribution in [0.3, 0.4) is 0 Å². The number of hydrogen-bond acceptors (Lipinski definition) is 4. The van der Waals surface area contributed by atoms with E-state index >= 15 is 0 Å². The Morgan fingerprint density at radius 1 is 1.37 bits per heavy atom. The number of nitrogens with one attached hydrogen (secondary N) is 1. The average molecular weight is 277 g/mol. The first-order valence-corrected chi connectivity index (χ1v) is 6.02. The normalized spacial score (nSPS) is 10.3. The van der Waals surface area contributed by atoms with Crippen LogP contribution in [-0.4, -0.2) is 15.9 Å². The molecule has 0 unspecified atom stereocenters. The zero-order valence-electron chi connectivity index (χ0n) is 10.6. The van der Waals surface area contributed by atoms with Gasteiger partial charge in [-0.15, -0.1) is 0 Å². The number of carbonyl (C=O) groups excluding carboxylic acids is 1. The predicted molar refractivity (Wildman–Crippen MR) is 75.3 cm³/mol. The Labute approximate surface area is 115 Å². The van der Waals surface area contributed by atoms with Crippen molar-refractivity contribution in [1.82, 2.24) is 9.97 Å². The van der Waals surface area contributed by atoms with Crippen LogP contribution in [0.1, 0.15) is 21.6 Å². The monoisotopic (exact) mass is 276 g/mol. The molecule has 0 aliphatic heterocycles. The summed E-state index contributed by atoms with van der Waals surface area (Å²) in [5.41, 5.74) is 7.82. The molecule has 0 bridgehead atoms. The maximum absolute atomic E-state index is 12.2. The van der Waals surface area contributed by atoms with Crippen molar-refractivity contribution in [2.75, 3.05) is 11.1 Å². The highest BCUT2D eigenvalue weighted by Crippen LogP contribution is 2.25. The number of para-hydroxylation sites is 1. The van der Waals surface area contributed by atoms with Gasteiger partial charge in [0.05, 0.1) is 22.0 Å². The summed E-state index contributed by atoms with van der Waals surface area (Å²) in [7, 11) is 0. The number of rotatable bonds is 2. The maximum Gasteiger partial charge on any atom is 0.259 e. The van der Waals surface area contributed by atoms with E-state index in [1.165, 1.54) is 6.20 Å². The van der Waals surface area contributed by atoms with Crippen LogP contribution in [-0.2, 0) is 0 Å². The summed E-state index contributed by atoms with van der Waals surface area (Å²) >= 11 is 6.06. The van der Waals surface area contributed by atoms with Gasteiger partial charge in [0, 0.05) is 6.20 Å². The van der Waals surface area contributed by atoms with Gasteiger partial charge in [-0.05, 0) is 25.5 Å². The third kappa shape index (κ3) is 2.82. The highest BCUT2D eigenvalue weighted by atomic mass is 35.5. The van der Waals surface area contributed by atoms with Crippen molar-refractivity contribution >= 4 is 29.1 Å². The third-order valence-electron chi connectivity index (χ3n) is 2.70. The minimum Gasteiger partial charge on any atom is -0.368 e. The Morgan fingerprint density at radius 2 is 2.11 bits per heavy atom. The molecule has 6 heteroatoms. The molecule has 1 amide bonds. The van der Waals surface area contributed by atoms with Crippen molar-refractivity contribution < 1.29 is 4.79 Å². The smallest absolute Gasteiger partial charge is 0.259 e. The molecule has 5 nitrogen and oxygen atoms in total.